The second kappa shape index (κ2) is 8.48. The Kier molecular flexibility index (Phi) is 6.64. The lowest BCUT2D eigenvalue weighted by Crippen LogP contribution is -2.50. The maximum atomic E-state index is 12.2. The van der Waals surface area contributed by atoms with Gasteiger partial charge in [-0.2, -0.15) is 0 Å². The van der Waals surface area contributed by atoms with E-state index in [2.05, 4.69) is 15.1 Å². The number of hydrogen-bond acceptors (Lipinski definition) is 4. The summed E-state index contributed by atoms with van der Waals surface area (Å²) in [5.41, 5.74) is 0.935. The van der Waals surface area contributed by atoms with Crippen LogP contribution >= 0.6 is 11.6 Å². The van der Waals surface area contributed by atoms with E-state index in [4.69, 9.17) is 16.7 Å². The van der Waals surface area contributed by atoms with Crippen molar-refractivity contribution < 1.29 is 9.90 Å². The number of carbonyl (C=O) groups excluding carboxylic acids is 1. The lowest BCUT2D eigenvalue weighted by molar-refractivity contribution is -0.123. The normalized spacial score (nSPS) is 18.1. The zero-order chi connectivity index (χ0) is 15.9. The van der Waals surface area contributed by atoms with Gasteiger partial charge in [-0.05, 0) is 18.6 Å². The number of β-amino-alcohol motifs (C(OH)–C–C–N with tert-alkyl or cyclic N) is 1. The molecule has 0 radical (unpaired) electrons. The van der Waals surface area contributed by atoms with Crippen LogP contribution in [0.1, 0.15) is 18.5 Å². The molecule has 1 aromatic carbocycles. The first-order chi connectivity index (χ1) is 10.6. The molecule has 1 aromatic rings. The average Bonchev–Trinajstić information content (AvgIpc) is 2.50. The number of benzene rings is 1. The van der Waals surface area contributed by atoms with Crippen molar-refractivity contribution in [3.63, 3.8) is 0 Å². The van der Waals surface area contributed by atoms with E-state index in [1.165, 1.54) is 0 Å². The van der Waals surface area contributed by atoms with Gasteiger partial charge in [0, 0.05) is 37.7 Å². The summed E-state index contributed by atoms with van der Waals surface area (Å²) in [5.74, 6) is 0.0167. The predicted octanol–water partition coefficient (Wildman–Crippen LogP) is 1.13. The zero-order valence-corrected chi connectivity index (χ0v) is 13.7. The molecule has 0 bridgehead atoms. The number of aliphatic hydroxyl groups excluding tert-OH is 1. The van der Waals surface area contributed by atoms with Gasteiger partial charge in [-0.25, -0.2) is 0 Å². The second-order valence-corrected chi connectivity index (χ2v) is 6.06. The topological polar surface area (TPSA) is 55.8 Å². The fourth-order valence-electron chi connectivity index (χ4n) is 2.71. The van der Waals surface area contributed by atoms with Gasteiger partial charge in [0.15, 0.2) is 0 Å². The molecule has 0 unspecified atom stereocenters. The summed E-state index contributed by atoms with van der Waals surface area (Å²) in [6.07, 6.45) is 0. The number of nitrogens with zero attached hydrogens (tertiary/aromatic N) is 2. The number of piperazine rings is 1. The zero-order valence-electron chi connectivity index (χ0n) is 13.0. The maximum absolute atomic E-state index is 12.2. The highest BCUT2D eigenvalue weighted by Gasteiger charge is 2.19. The minimum absolute atomic E-state index is 0.0167. The number of rotatable bonds is 6. The van der Waals surface area contributed by atoms with Crippen LogP contribution in [0.25, 0.3) is 0 Å². The van der Waals surface area contributed by atoms with Crippen LogP contribution in [-0.2, 0) is 4.79 Å². The Morgan fingerprint density at radius 1 is 1.27 bits per heavy atom. The maximum Gasteiger partial charge on any atom is 0.234 e. The van der Waals surface area contributed by atoms with Crippen molar-refractivity contribution in [1.82, 2.24) is 15.1 Å². The van der Waals surface area contributed by atoms with Gasteiger partial charge in [0.1, 0.15) is 0 Å². The Labute approximate surface area is 136 Å². The van der Waals surface area contributed by atoms with Gasteiger partial charge in [-0.3, -0.25) is 14.6 Å². The molecule has 1 amide bonds. The van der Waals surface area contributed by atoms with Crippen molar-refractivity contribution in [3.05, 3.63) is 34.9 Å². The molecule has 2 rings (SSSR count). The summed E-state index contributed by atoms with van der Waals surface area (Å²) in [6, 6.07) is 7.47. The number of halogens is 1. The molecule has 6 heteroatoms. The molecule has 5 nitrogen and oxygen atoms in total. The second-order valence-electron chi connectivity index (χ2n) is 5.65. The molecular formula is C16H24ClN3O2. The molecule has 1 saturated heterocycles. The number of carbonyl (C=O) groups is 1. The van der Waals surface area contributed by atoms with E-state index in [-0.39, 0.29) is 18.6 Å². The molecular weight excluding hydrogens is 302 g/mol. The lowest BCUT2D eigenvalue weighted by atomic mass is 10.1. The van der Waals surface area contributed by atoms with E-state index in [0.717, 1.165) is 31.7 Å². The average molecular weight is 326 g/mol. The van der Waals surface area contributed by atoms with Crippen LogP contribution in [0.5, 0.6) is 0 Å². The van der Waals surface area contributed by atoms with E-state index >= 15 is 0 Å². The lowest BCUT2D eigenvalue weighted by Gasteiger charge is -2.34. The Morgan fingerprint density at radius 2 is 1.91 bits per heavy atom. The fourth-order valence-corrected chi connectivity index (χ4v) is 3.01. The van der Waals surface area contributed by atoms with E-state index in [0.29, 0.717) is 18.1 Å². The number of nitrogens with one attached hydrogen (secondary N) is 1. The highest BCUT2D eigenvalue weighted by atomic mass is 35.5. The highest BCUT2D eigenvalue weighted by Crippen LogP contribution is 2.21. The van der Waals surface area contributed by atoms with Crippen LogP contribution in [0, 0.1) is 0 Å². The number of aliphatic hydroxyl groups is 1. The van der Waals surface area contributed by atoms with Crippen LogP contribution in [-0.4, -0.2) is 66.7 Å². The van der Waals surface area contributed by atoms with Crippen LogP contribution in [0.15, 0.2) is 24.3 Å². The number of amides is 1. The first-order valence-corrected chi connectivity index (χ1v) is 8.07. The summed E-state index contributed by atoms with van der Waals surface area (Å²) < 4.78 is 0. The molecule has 0 aromatic heterocycles. The summed E-state index contributed by atoms with van der Waals surface area (Å²) in [7, 11) is 0. The van der Waals surface area contributed by atoms with Crippen LogP contribution in [0.3, 0.4) is 0 Å². The van der Waals surface area contributed by atoms with Crippen molar-refractivity contribution in [2.45, 2.75) is 13.0 Å². The predicted molar refractivity (Wildman–Crippen MR) is 88.0 cm³/mol. The highest BCUT2D eigenvalue weighted by molar-refractivity contribution is 6.31. The summed E-state index contributed by atoms with van der Waals surface area (Å²) in [5, 5.41) is 12.6. The summed E-state index contributed by atoms with van der Waals surface area (Å²) >= 11 is 6.15. The van der Waals surface area contributed by atoms with Gasteiger partial charge in [-0.15, -0.1) is 0 Å². The molecule has 122 valence electrons. The molecule has 1 fully saturated rings. The van der Waals surface area contributed by atoms with Gasteiger partial charge in [-0.1, -0.05) is 29.8 Å². The van der Waals surface area contributed by atoms with Crippen molar-refractivity contribution in [2.24, 2.45) is 0 Å². The minimum atomic E-state index is -0.100. The Balaban J connectivity index is 1.78. The molecule has 0 saturated carbocycles. The third kappa shape index (κ3) is 4.95. The van der Waals surface area contributed by atoms with Crippen LogP contribution in [0.2, 0.25) is 5.02 Å². The number of hydrogen-bond donors (Lipinski definition) is 2. The quantitative estimate of drug-likeness (QED) is 0.823. The third-order valence-electron chi connectivity index (χ3n) is 4.00. The largest absolute Gasteiger partial charge is 0.395 e. The smallest absolute Gasteiger partial charge is 0.234 e. The Bertz CT molecular complexity index is 490. The molecule has 1 heterocycles. The molecule has 1 atom stereocenters. The van der Waals surface area contributed by atoms with E-state index in [9.17, 15) is 4.79 Å². The van der Waals surface area contributed by atoms with E-state index in [1.54, 1.807) is 0 Å². The van der Waals surface area contributed by atoms with Gasteiger partial charge >= 0.3 is 0 Å². The van der Waals surface area contributed by atoms with Crippen molar-refractivity contribution in [3.8, 4) is 0 Å². The Hall–Kier alpha value is -1.14. The first-order valence-electron chi connectivity index (χ1n) is 7.69. The molecule has 0 spiro atoms. The van der Waals surface area contributed by atoms with Gasteiger partial charge < -0.3 is 10.4 Å². The van der Waals surface area contributed by atoms with Gasteiger partial charge in [0.25, 0.3) is 0 Å². The van der Waals surface area contributed by atoms with Crippen LogP contribution < -0.4 is 5.32 Å². The van der Waals surface area contributed by atoms with Crippen molar-refractivity contribution >= 4 is 17.5 Å². The van der Waals surface area contributed by atoms with Gasteiger partial charge in [0.2, 0.25) is 5.91 Å². The van der Waals surface area contributed by atoms with Gasteiger partial charge in [0.05, 0.1) is 19.2 Å². The fraction of sp³-hybridized carbons (Fsp3) is 0.562. The van der Waals surface area contributed by atoms with Crippen molar-refractivity contribution in [2.75, 3.05) is 45.9 Å². The summed E-state index contributed by atoms with van der Waals surface area (Å²) in [6.45, 7) is 6.75. The molecule has 0 aliphatic carbocycles. The molecule has 2 N–H and O–H groups in total. The summed E-state index contributed by atoms with van der Waals surface area (Å²) in [4.78, 5) is 16.5. The van der Waals surface area contributed by atoms with Crippen molar-refractivity contribution in [1.29, 1.82) is 0 Å². The molecule has 1 aliphatic rings. The minimum Gasteiger partial charge on any atom is -0.395 e. The standard InChI is InChI=1S/C16H24ClN3O2/c1-13(14-4-2-3-5-15(14)17)18-16(22)12-20-8-6-19(7-9-20)10-11-21/h2-5,13,21H,6-12H2,1H3,(H,18,22)/t13-/m1/s1. The molecule has 22 heavy (non-hydrogen) atoms. The third-order valence-corrected chi connectivity index (χ3v) is 4.34. The SMILES string of the molecule is C[C@@H](NC(=O)CN1CCN(CCO)CC1)c1ccccc1Cl. The monoisotopic (exact) mass is 325 g/mol. The first kappa shape index (κ1) is 17.2. The van der Waals surface area contributed by atoms with Crippen LogP contribution in [0.4, 0.5) is 0 Å². The Morgan fingerprint density at radius 3 is 2.55 bits per heavy atom. The molecule has 1 aliphatic heterocycles. The van der Waals surface area contributed by atoms with E-state index in [1.807, 2.05) is 31.2 Å². The van der Waals surface area contributed by atoms with E-state index < -0.39 is 0 Å².